The van der Waals surface area contributed by atoms with Gasteiger partial charge in [-0.15, -0.1) is 0 Å². The second-order valence-electron chi connectivity index (χ2n) is 7.15. The Morgan fingerprint density at radius 3 is 2.34 bits per heavy atom. The third-order valence-corrected chi connectivity index (χ3v) is 4.97. The zero-order valence-corrected chi connectivity index (χ0v) is 19.1. The fourth-order valence-corrected chi connectivity index (χ4v) is 3.26. The summed E-state index contributed by atoms with van der Waals surface area (Å²) in [7, 11) is 6.12. The van der Waals surface area contributed by atoms with Crippen LogP contribution in [0, 0.1) is 0 Å². The van der Waals surface area contributed by atoms with Gasteiger partial charge in [0.15, 0.2) is 11.5 Å². The molecule has 176 valence electrons. The number of hydrogen-bond acceptors (Lipinski definition) is 8. The molecule has 0 saturated carbocycles. The molecule has 0 spiro atoms. The number of likely N-dealkylation sites (N-methyl/N-ethyl adjacent to an activating group) is 1. The summed E-state index contributed by atoms with van der Waals surface area (Å²) < 4.78 is 17.2. The van der Waals surface area contributed by atoms with Gasteiger partial charge in [0, 0.05) is 31.8 Å². The predicted molar refractivity (Wildman–Crippen MR) is 122 cm³/mol. The van der Waals surface area contributed by atoms with Gasteiger partial charge in [-0.05, 0) is 12.5 Å². The number of nitrogens with two attached hydrogens (primary N) is 1. The minimum Gasteiger partial charge on any atom is -0.496 e. The van der Waals surface area contributed by atoms with Crippen LogP contribution in [0.5, 0.6) is 17.2 Å². The number of aromatic amines is 1. The van der Waals surface area contributed by atoms with Crippen molar-refractivity contribution in [1.82, 2.24) is 14.9 Å². The molecule has 1 amide bonds. The van der Waals surface area contributed by atoms with Crippen LogP contribution >= 0.6 is 0 Å². The predicted octanol–water partition coefficient (Wildman–Crippen LogP) is 0.697. The van der Waals surface area contributed by atoms with Gasteiger partial charge in [0.25, 0.3) is 5.56 Å². The van der Waals surface area contributed by atoms with E-state index >= 15 is 0 Å². The highest BCUT2D eigenvalue weighted by Crippen LogP contribution is 2.34. The fourth-order valence-electron chi connectivity index (χ4n) is 3.26. The number of benzene rings is 1. The highest BCUT2D eigenvalue weighted by atomic mass is 16.5. The van der Waals surface area contributed by atoms with E-state index in [1.165, 1.54) is 30.8 Å². The number of nitrogen functional groups attached to an aromatic ring is 1. The quantitative estimate of drug-likeness (QED) is 0.455. The minimum absolute atomic E-state index is 0.0315. The fraction of sp³-hybridized carbons (Fsp3) is 0.476. The molecule has 0 radical (unpaired) electrons. The molecule has 1 aromatic heterocycles. The highest BCUT2D eigenvalue weighted by molar-refractivity contribution is 5.82. The van der Waals surface area contributed by atoms with Crippen molar-refractivity contribution in [3.63, 3.8) is 0 Å². The first-order chi connectivity index (χ1) is 15.3. The lowest BCUT2D eigenvalue weighted by Gasteiger charge is -2.21. The zero-order valence-electron chi connectivity index (χ0n) is 19.1. The van der Waals surface area contributed by atoms with Crippen LogP contribution in [-0.4, -0.2) is 50.4 Å². The lowest BCUT2D eigenvalue weighted by Crippen LogP contribution is -2.41. The van der Waals surface area contributed by atoms with E-state index in [-0.39, 0.29) is 30.5 Å². The maximum Gasteiger partial charge on any atom is 0.330 e. The molecule has 1 heterocycles. The van der Waals surface area contributed by atoms with Gasteiger partial charge >= 0.3 is 5.69 Å². The smallest absolute Gasteiger partial charge is 0.330 e. The molecule has 0 bridgehead atoms. The summed E-state index contributed by atoms with van der Waals surface area (Å²) in [5.74, 6) is 1.22. The van der Waals surface area contributed by atoms with E-state index in [0.29, 0.717) is 29.4 Å². The van der Waals surface area contributed by atoms with Crippen molar-refractivity contribution in [3.8, 4) is 17.2 Å². The third-order valence-electron chi connectivity index (χ3n) is 4.97. The number of aromatic nitrogens is 2. The first kappa shape index (κ1) is 24.6. The van der Waals surface area contributed by atoms with Crippen LogP contribution < -0.4 is 41.4 Å². The zero-order chi connectivity index (χ0) is 23.8. The molecule has 4 N–H and O–H groups in total. The molecular weight excluding hydrogens is 418 g/mol. The van der Waals surface area contributed by atoms with E-state index < -0.39 is 11.2 Å². The van der Waals surface area contributed by atoms with Gasteiger partial charge in [0.05, 0.1) is 27.9 Å². The Labute approximate surface area is 186 Å². The van der Waals surface area contributed by atoms with Crippen LogP contribution in [0.4, 0.5) is 11.5 Å². The van der Waals surface area contributed by atoms with Gasteiger partial charge in [-0.3, -0.25) is 19.1 Å². The van der Waals surface area contributed by atoms with Gasteiger partial charge in [-0.1, -0.05) is 13.3 Å². The number of methoxy groups -OCH3 is 3. The van der Waals surface area contributed by atoms with Gasteiger partial charge in [-0.2, -0.15) is 0 Å². The molecule has 1 aromatic carbocycles. The topological polar surface area (TPSA) is 141 Å². The van der Waals surface area contributed by atoms with Crippen LogP contribution in [0.2, 0.25) is 0 Å². The molecule has 2 aromatic rings. The Morgan fingerprint density at radius 1 is 1.12 bits per heavy atom. The second kappa shape index (κ2) is 11.1. The van der Waals surface area contributed by atoms with Crippen LogP contribution in [0.25, 0.3) is 0 Å². The second-order valence-corrected chi connectivity index (χ2v) is 7.15. The average molecular weight is 450 g/mol. The van der Waals surface area contributed by atoms with Crippen LogP contribution in [0.15, 0.2) is 21.7 Å². The summed E-state index contributed by atoms with van der Waals surface area (Å²) >= 11 is 0. The molecule has 11 nitrogen and oxygen atoms in total. The minimum atomic E-state index is -0.642. The van der Waals surface area contributed by atoms with Crippen LogP contribution in [-0.2, 0) is 17.9 Å². The Bertz CT molecular complexity index is 1060. The van der Waals surface area contributed by atoms with Crippen molar-refractivity contribution in [1.29, 1.82) is 0 Å². The summed E-state index contributed by atoms with van der Waals surface area (Å²) in [6.45, 7) is 2.38. The Kier molecular flexibility index (Phi) is 8.56. The van der Waals surface area contributed by atoms with E-state index in [1.54, 1.807) is 19.2 Å². The molecule has 2 rings (SSSR count). The number of amides is 1. The summed E-state index contributed by atoms with van der Waals surface area (Å²) in [4.78, 5) is 40.6. The van der Waals surface area contributed by atoms with Crippen molar-refractivity contribution in [2.45, 2.75) is 32.9 Å². The van der Waals surface area contributed by atoms with Gasteiger partial charge in [-0.25, -0.2) is 4.79 Å². The normalized spacial score (nSPS) is 10.5. The maximum absolute atomic E-state index is 12.6. The molecule has 0 aliphatic carbocycles. The molecular formula is C21H31N5O6. The van der Waals surface area contributed by atoms with E-state index in [2.05, 4.69) is 10.3 Å². The van der Waals surface area contributed by atoms with Crippen molar-refractivity contribution in [3.05, 3.63) is 38.5 Å². The van der Waals surface area contributed by atoms with Crippen LogP contribution in [0.1, 0.15) is 25.3 Å². The molecule has 0 fully saturated rings. The molecule has 0 saturated heterocycles. The number of nitrogens with zero attached hydrogens (tertiary/aromatic N) is 2. The monoisotopic (exact) mass is 449 g/mol. The number of hydrogen-bond donors (Lipinski definition) is 3. The number of anilines is 2. The summed E-state index contributed by atoms with van der Waals surface area (Å²) in [5.41, 5.74) is 5.64. The Hall–Kier alpha value is -3.63. The Balaban J connectivity index is 2.16. The van der Waals surface area contributed by atoms with Crippen molar-refractivity contribution in [2.24, 2.45) is 0 Å². The number of carbonyl (C=O) groups is 1. The third kappa shape index (κ3) is 5.54. The Morgan fingerprint density at radius 2 is 1.75 bits per heavy atom. The van der Waals surface area contributed by atoms with Crippen molar-refractivity contribution in [2.75, 3.05) is 45.6 Å². The lowest BCUT2D eigenvalue weighted by atomic mass is 10.1. The highest BCUT2D eigenvalue weighted by Gasteiger charge is 2.19. The van der Waals surface area contributed by atoms with Gasteiger partial charge in [0.2, 0.25) is 5.91 Å². The van der Waals surface area contributed by atoms with Crippen LogP contribution in [0.3, 0.4) is 0 Å². The number of H-pyrrole nitrogens is 1. The number of carbonyl (C=O) groups excluding carboxylic acids is 1. The first-order valence-electron chi connectivity index (χ1n) is 10.2. The molecule has 0 unspecified atom stereocenters. The van der Waals surface area contributed by atoms with E-state index in [4.69, 9.17) is 19.9 Å². The largest absolute Gasteiger partial charge is 0.496 e. The van der Waals surface area contributed by atoms with Gasteiger partial charge in [0.1, 0.15) is 17.3 Å². The average Bonchev–Trinajstić information content (AvgIpc) is 2.76. The number of nitrogens with one attached hydrogen (secondary N) is 2. The number of rotatable bonds is 11. The molecule has 11 heteroatoms. The lowest BCUT2D eigenvalue weighted by molar-refractivity contribution is -0.119. The first-order valence-corrected chi connectivity index (χ1v) is 10.2. The molecule has 0 atom stereocenters. The van der Waals surface area contributed by atoms with Gasteiger partial charge < -0.3 is 30.2 Å². The van der Waals surface area contributed by atoms with E-state index in [9.17, 15) is 14.4 Å². The van der Waals surface area contributed by atoms with E-state index in [1.807, 2.05) is 6.92 Å². The van der Waals surface area contributed by atoms with Crippen molar-refractivity contribution >= 4 is 17.4 Å². The maximum atomic E-state index is 12.6. The summed E-state index contributed by atoms with van der Waals surface area (Å²) in [5, 5.41) is 2.78. The SMILES string of the molecule is CCCCn1c(N)c(N(C)CC(=O)NCc2cc(OC)c(OC)cc2OC)c(=O)[nH]c1=O. The standard InChI is InChI=1S/C21H31N5O6/c1-6-7-8-26-19(22)18(20(28)24-21(26)29)25(2)12-17(27)23-11-13-9-15(31-4)16(32-5)10-14(13)30-3/h9-10H,6-8,11-12,22H2,1-5H3,(H,23,27)(H,24,28,29). The number of ether oxygens (including phenoxy) is 3. The number of unbranched alkanes of at least 4 members (excludes halogenated alkanes) is 1. The summed E-state index contributed by atoms with van der Waals surface area (Å²) in [6, 6.07) is 3.39. The molecule has 0 aliphatic heterocycles. The molecule has 0 aliphatic rings. The molecule has 32 heavy (non-hydrogen) atoms. The van der Waals surface area contributed by atoms with E-state index in [0.717, 1.165) is 12.8 Å². The summed E-state index contributed by atoms with van der Waals surface area (Å²) in [6.07, 6.45) is 1.59. The van der Waals surface area contributed by atoms with Crippen molar-refractivity contribution < 1.29 is 19.0 Å².